The molecule has 0 bridgehead atoms. The normalized spacial score (nSPS) is 14.8. The summed E-state index contributed by atoms with van der Waals surface area (Å²) >= 11 is 0. The van der Waals surface area contributed by atoms with Gasteiger partial charge in [-0.2, -0.15) is 0 Å². The first-order valence-electron chi connectivity index (χ1n) is 10.4. The maximum Gasteiger partial charge on any atom is 0.227 e. The van der Waals surface area contributed by atoms with E-state index < -0.39 is 0 Å². The summed E-state index contributed by atoms with van der Waals surface area (Å²) in [5.74, 6) is 1.17. The summed E-state index contributed by atoms with van der Waals surface area (Å²) in [6, 6.07) is 14.4. The number of nitrogens with zero attached hydrogens (tertiary/aromatic N) is 3. The monoisotopic (exact) mass is 388 g/mol. The van der Waals surface area contributed by atoms with Crippen molar-refractivity contribution in [3.05, 3.63) is 72.2 Å². The molecule has 1 aliphatic rings. The third-order valence-electron chi connectivity index (χ3n) is 5.81. The number of piperidine rings is 1. The smallest absolute Gasteiger partial charge is 0.227 e. The molecule has 4 rings (SSSR count). The zero-order valence-corrected chi connectivity index (χ0v) is 17.1. The van der Waals surface area contributed by atoms with Crippen molar-refractivity contribution < 1.29 is 4.79 Å². The molecule has 0 aliphatic carbocycles. The van der Waals surface area contributed by atoms with Crippen molar-refractivity contribution in [2.45, 2.75) is 33.1 Å². The van der Waals surface area contributed by atoms with Crippen LogP contribution in [0.3, 0.4) is 0 Å². The average molecular weight is 389 g/mol. The summed E-state index contributed by atoms with van der Waals surface area (Å²) in [5, 5.41) is 3.20. The van der Waals surface area contributed by atoms with Crippen LogP contribution in [0.1, 0.15) is 30.9 Å². The molecule has 0 atom stereocenters. The minimum absolute atomic E-state index is 0.0507. The van der Waals surface area contributed by atoms with Crippen molar-refractivity contribution in [2.24, 2.45) is 5.92 Å². The summed E-state index contributed by atoms with van der Waals surface area (Å²) in [4.78, 5) is 19.8. The van der Waals surface area contributed by atoms with E-state index in [0.717, 1.165) is 55.1 Å². The number of anilines is 2. The second-order valence-corrected chi connectivity index (χ2v) is 7.68. The van der Waals surface area contributed by atoms with Crippen LogP contribution < -0.4 is 10.2 Å². The predicted molar refractivity (Wildman–Crippen MR) is 118 cm³/mol. The van der Waals surface area contributed by atoms with Gasteiger partial charge in [0.25, 0.3) is 0 Å². The molecule has 0 unspecified atom stereocenters. The molecule has 1 aromatic carbocycles. The largest absolute Gasteiger partial charge is 0.357 e. The molecule has 150 valence electrons. The van der Waals surface area contributed by atoms with Crippen LogP contribution in [0.4, 0.5) is 11.5 Å². The highest BCUT2D eigenvalue weighted by Gasteiger charge is 2.26. The zero-order valence-electron chi connectivity index (χ0n) is 17.1. The molecule has 1 N–H and O–H groups in total. The summed E-state index contributed by atoms with van der Waals surface area (Å²) in [7, 11) is 0. The number of aromatic nitrogens is 2. The Balaban J connectivity index is 1.36. The van der Waals surface area contributed by atoms with Crippen molar-refractivity contribution in [1.29, 1.82) is 0 Å². The number of aryl methyl sites for hydroxylation is 2. The Kier molecular flexibility index (Phi) is 5.65. The number of nitrogens with one attached hydrogen (secondary N) is 1. The van der Waals surface area contributed by atoms with E-state index in [0.29, 0.717) is 0 Å². The standard InChI is InChI=1S/C24H28N4O/c1-3-19-8-6-7-18(2)23(19)26-24(29)20-11-15-28(16-12-20)22-10-9-21(17-25-22)27-13-4-5-14-27/h4-10,13-14,17,20H,3,11-12,15-16H2,1-2H3,(H,26,29). The first kappa shape index (κ1) is 19.2. The van der Waals surface area contributed by atoms with Crippen LogP contribution in [0.5, 0.6) is 0 Å². The van der Waals surface area contributed by atoms with Gasteiger partial charge < -0.3 is 14.8 Å². The quantitative estimate of drug-likeness (QED) is 0.695. The number of carbonyl (C=O) groups is 1. The van der Waals surface area contributed by atoms with E-state index in [4.69, 9.17) is 0 Å². The highest BCUT2D eigenvalue weighted by atomic mass is 16.1. The van der Waals surface area contributed by atoms with Gasteiger partial charge in [-0.25, -0.2) is 4.98 Å². The second-order valence-electron chi connectivity index (χ2n) is 7.68. The highest BCUT2D eigenvalue weighted by Crippen LogP contribution is 2.26. The summed E-state index contributed by atoms with van der Waals surface area (Å²) < 4.78 is 2.05. The van der Waals surface area contributed by atoms with Crippen LogP contribution in [0.2, 0.25) is 0 Å². The molecule has 5 nitrogen and oxygen atoms in total. The minimum Gasteiger partial charge on any atom is -0.357 e. The number of rotatable bonds is 5. The van der Waals surface area contributed by atoms with Gasteiger partial charge in [0.15, 0.2) is 0 Å². The highest BCUT2D eigenvalue weighted by molar-refractivity contribution is 5.94. The van der Waals surface area contributed by atoms with Crippen LogP contribution in [0, 0.1) is 12.8 Å². The second kappa shape index (κ2) is 8.52. The molecule has 0 spiro atoms. The minimum atomic E-state index is 0.0507. The van der Waals surface area contributed by atoms with E-state index in [2.05, 4.69) is 59.4 Å². The first-order chi connectivity index (χ1) is 14.2. The Bertz CT molecular complexity index is 955. The number of benzene rings is 1. The molecule has 3 heterocycles. The molecule has 1 aliphatic heterocycles. The molecule has 5 heteroatoms. The molecule has 0 saturated carbocycles. The number of hydrogen-bond acceptors (Lipinski definition) is 3. The van der Waals surface area contributed by atoms with E-state index in [9.17, 15) is 4.79 Å². The van der Waals surface area contributed by atoms with E-state index in [1.807, 2.05) is 35.3 Å². The van der Waals surface area contributed by atoms with E-state index >= 15 is 0 Å². The Labute approximate surface area is 172 Å². The van der Waals surface area contributed by atoms with E-state index in [1.165, 1.54) is 5.56 Å². The van der Waals surface area contributed by atoms with Crippen LogP contribution in [0.25, 0.3) is 5.69 Å². The first-order valence-corrected chi connectivity index (χ1v) is 10.4. The third kappa shape index (κ3) is 4.19. The van der Waals surface area contributed by atoms with Crippen molar-refractivity contribution in [1.82, 2.24) is 9.55 Å². The predicted octanol–water partition coefficient (Wildman–Crippen LogP) is 4.60. The maximum absolute atomic E-state index is 12.9. The summed E-state index contributed by atoms with van der Waals surface area (Å²) in [6.45, 7) is 5.88. The summed E-state index contributed by atoms with van der Waals surface area (Å²) in [6.07, 6.45) is 8.54. The lowest BCUT2D eigenvalue weighted by molar-refractivity contribution is -0.120. The van der Waals surface area contributed by atoms with Gasteiger partial charge in [-0.05, 0) is 61.6 Å². The number of pyridine rings is 1. The Morgan fingerprint density at radius 1 is 1.10 bits per heavy atom. The van der Waals surface area contributed by atoms with Crippen LogP contribution in [0.15, 0.2) is 61.1 Å². The molecular formula is C24H28N4O. The van der Waals surface area contributed by atoms with Gasteiger partial charge in [-0.1, -0.05) is 25.1 Å². The summed E-state index contributed by atoms with van der Waals surface area (Å²) in [5.41, 5.74) is 4.37. The zero-order chi connectivity index (χ0) is 20.2. The Morgan fingerprint density at radius 3 is 2.52 bits per heavy atom. The van der Waals surface area contributed by atoms with Gasteiger partial charge in [0, 0.05) is 37.1 Å². The fourth-order valence-corrected chi connectivity index (χ4v) is 4.02. The molecule has 0 radical (unpaired) electrons. The van der Waals surface area contributed by atoms with Gasteiger partial charge in [-0.3, -0.25) is 4.79 Å². The van der Waals surface area contributed by atoms with Crippen molar-refractivity contribution in [3.8, 4) is 5.69 Å². The van der Waals surface area contributed by atoms with Gasteiger partial charge in [0.2, 0.25) is 5.91 Å². The third-order valence-corrected chi connectivity index (χ3v) is 5.81. The van der Waals surface area contributed by atoms with E-state index in [-0.39, 0.29) is 11.8 Å². The molecule has 29 heavy (non-hydrogen) atoms. The number of hydrogen-bond donors (Lipinski definition) is 1. The van der Waals surface area contributed by atoms with Gasteiger partial charge in [0.05, 0.1) is 11.9 Å². The average Bonchev–Trinajstić information content (AvgIpc) is 3.30. The van der Waals surface area contributed by atoms with Gasteiger partial charge in [0.1, 0.15) is 5.82 Å². The fourth-order valence-electron chi connectivity index (χ4n) is 4.02. The lowest BCUT2D eigenvalue weighted by Gasteiger charge is -2.32. The topological polar surface area (TPSA) is 50.2 Å². The van der Waals surface area contributed by atoms with Crippen LogP contribution in [-0.4, -0.2) is 28.5 Å². The molecule has 1 fully saturated rings. The number of carbonyl (C=O) groups excluding carboxylic acids is 1. The fraction of sp³-hybridized carbons (Fsp3) is 0.333. The number of amides is 1. The Morgan fingerprint density at radius 2 is 1.86 bits per heavy atom. The molecule has 1 saturated heterocycles. The lowest BCUT2D eigenvalue weighted by atomic mass is 9.95. The van der Waals surface area contributed by atoms with Crippen LogP contribution in [-0.2, 0) is 11.2 Å². The van der Waals surface area contributed by atoms with E-state index in [1.54, 1.807) is 0 Å². The van der Waals surface area contributed by atoms with Crippen molar-refractivity contribution in [2.75, 3.05) is 23.3 Å². The van der Waals surface area contributed by atoms with Gasteiger partial charge >= 0.3 is 0 Å². The van der Waals surface area contributed by atoms with Gasteiger partial charge in [-0.15, -0.1) is 0 Å². The molecule has 3 aromatic rings. The SMILES string of the molecule is CCc1cccc(C)c1NC(=O)C1CCN(c2ccc(-n3cccc3)cn2)CC1. The lowest BCUT2D eigenvalue weighted by Crippen LogP contribution is -2.38. The molecule has 1 amide bonds. The molecular weight excluding hydrogens is 360 g/mol. The van der Waals surface area contributed by atoms with Crippen molar-refractivity contribution >= 4 is 17.4 Å². The number of para-hydroxylation sites is 1. The maximum atomic E-state index is 12.9. The van der Waals surface area contributed by atoms with Crippen molar-refractivity contribution in [3.63, 3.8) is 0 Å². The molecule has 2 aromatic heterocycles. The van der Waals surface area contributed by atoms with Crippen LogP contribution >= 0.6 is 0 Å². The Hall–Kier alpha value is -3.08.